The summed E-state index contributed by atoms with van der Waals surface area (Å²) in [5.74, 6) is 1.63. The summed E-state index contributed by atoms with van der Waals surface area (Å²) in [7, 11) is 0. The van der Waals surface area contributed by atoms with Gasteiger partial charge in [-0.25, -0.2) is 0 Å². The number of likely N-dealkylation sites (tertiary alicyclic amines) is 1. The minimum atomic E-state index is 0.141. The molecule has 1 fully saturated rings. The molecule has 0 saturated carbocycles. The number of hydrogen-bond acceptors (Lipinski definition) is 2. The zero-order valence-corrected chi connectivity index (χ0v) is 11.5. The molecule has 0 atom stereocenters. The molecule has 1 aromatic heterocycles. The van der Waals surface area contributed by atoms with E-state index in [-0.39, 0.29) is 5.91 Å². The first-order valence-corrected chi connectivity index (χ1v) is 6.80. The first-order chi connectivity index (χ1) is 8.59. The fourth-order valence-electron chi connectivity index (χ4n) is 2.65. The number of carbonyl (C=O) groups is 1. The Hall–Kier alpha value is -1.38. The van der Waals surface area contributed by atoms with Crippen molar-refractivity contribution >= 4 is 5.91 Å². The second-order valence-electron chi connectivity index (χ2n) is 5.51. The summed E-state index contributed by atoms with van der Waals surface area (Å²) in [6.45, 7) is 8.21. The lowest BCUT2D eigenvalue weighted by Gasteiger charge is -2.34. The van der Waals surface area contributed by atoms with Crippen LogP contribution in [0.5, 0.6) is 0 Å². The topological polar surface area (TPSA) is 33.2 Å². The van der Waals surface area contributed by atoms with Gasteiger partial charge in [-0.05, 0) is 43.7 Å². The Bertz CT molecular complexity index is 420. The van der Waals surface area contributed by atoms with Crippen molar-refractivity contribution in [2.75, 3.05) is 13.1 Å². The smallest absolute Gasteiger partial charge is 0.255 e. The highest BCUT2D eigenvalue weighted by Crippen LogP contribution is 2.25. The van der Waals surface area contributed by atoms with Gasteiger partial charge in [0.25, 0.3) is 5.91 Å². The highest BCUT2D eigenvalue weighted by Gasteiger charge is 2.25. The molecule has 1 saturated heterocycles. The third-order valence-electron chi connectivity index (χ3n) is 4.01. The number of aryl methyl sites for hydroxylation is 1. The summed E-state index contributed by atoms with van der Waals surface area (Å²) in [5.41, 5.74) is 1.58. The van der Waals surface area contributed by atoms with Crippen molar-refractivity contribution in [2.24, 2.45) is 11.8 Å². The standard InChI is InChI=1S/C15H22N2O/c1-11(2)13-6-9-17(10-7-13)15(18)14-5-4-8-16-12(14)3/h4-5,8,11,13H,6-7,9-10H2,1-3H3. The molecule has 3 nitrogen and oxygen atoms in total. The van der Waals surface area contributed by atoms with Gasteiger partial charge in [-0.15, -0.1) is 0 Å². The van der Waals surface area contributed by atoms with Crippen LogP contribution in [0.1, 0.15) is 42.7 Å². The number of aromatic nitrogens is 1. The molecule has 0 N–H and O–H groups in total. The summed E-state index contributed by atoms with van der Waals surface area (Å²) in [6.07, 6.45) is 3.99. The predicted octanol–water partition coefficient (Wildman–Crippen LogP) is 2.90. The Morgan fingerprint density at radius 1 is 1.39 bits per heavy atom. The maximum atomic E-state index is 12.4. The van der Waals surface area contributed by atoms with Crippen LogP contribution >= 0.6 is 0 Å². The third-order valence-corrected chi connectivity index (χ3v) is 4.01. The van der Waals surface area contributed by atoms with E-state index in [2.05, 4.69) is 18.8 Å². The second-order valence-corrected chi connectivity index (χ2v) is 5.51. The molecule has 0 unspecified atom stereocenters. The van der Waals surface area contributed by atoms with E-state index in [0.29, 0.717) is 0 Å². The minimum absolute atomic E-state index is 0.141. The quantitative estimate of drug-likeness (QED) is 0.804. The van der Waals surface area contributed by atoms with Crippen molar-refractivity contribution in [3.63, 3.8) is 0 Å². The van der Waals surface area contributed by atoms with E-state index in [4.69, 9.17) is 0 Å². The summed E-state index contributed by atoms with van der Waals surface area (Å²) in [6, 6.07) is 3.71. The van der Waals surface area contributed by atoms with E-state index in [1.807, 2.05) is 24.0 Å². The highest BCUT2D eigenvalue weighted by molar-refractivity contribution is 5.95. The molecule has 0 radical (unpaired) electrons. The number of amides is 1. The summed E-state index contributed by atoms with van der Waals surface area (Å²) in [5, 5.41) is 0. The van der Waals surface area contributed by atoms with Gasteiger partial charge in [-0.1, -0.05) is 13.8 Å². The van der Waals surface area contributed by atoms with E-state index < -0.39 is 0 Å². The van der Waals surface area contributed by atoms with Crippen molar-refractivity contribution in [2.45, 2.75) is 33.6 Å². The van der Waals surface area contributed by atoms with E-state index in [1.54, 1.807) is 6.20 Å². The van der Waals surface area contributed by atoms with Crippen LogP contribution in [0.15, 0.2) is 18.3 Å². The van der Waals surface area contributed by atoms with Crippen molar-refractivity contribution in [3.8, 4) is 0 Å². The van der Waals surface area contributed by atoms with Crippen molar-refractivity contribution in [3.05, 3.63) is 29.6 Å². The van der Waals surface area contributed by atoms with Crippen LogP contribution in [0.2, 0.25) is 0 Å². The Balaban J connectivity index is 2.02. The minimum Gasteiger partial charge on any atom is -0.339 e. The first kappa shape index (κ1) is 13.1. The molecule has 1 aliphatic heterocycles. The van der Waals surface area contributed by atoms with Crippen molar-refractivity contribution in [1.82, 2.24) is 9.88 Å². The average molecular weight is 246 g/mol. The number of pyridine rings is 1. The van der Waals surface area contributed by atoms with Gasteiger partial charge in [0, 0.05) is 25.0 Å². The molecular weight excluding hydrogens is 224 g/mol. The summed E-state index contributed by atoms with van der Waals surface area (Å²) >= 11 is 0. The zero-order chi connectivity index (χ0) is 13.1. The molecule has 1 aromatic rings. The first-order valence-electron chi connectivity index (χ1n) is 6.80. The van der Waals surface area contributed by atoms with Crippen LogP contribution in [-0.4, -0.2) is 28.9 Å². The number of carbonyl (C=O) groups excluding carboxylic acids is 1. The molecule has 3 heteroatoms. The lowest BCUT2D eigenvalue weighted by molar-refractivity contribution is 0.0666. The van der Waals surface area contributed by atoms with Gasteiger partial charge in [0.1, 0.15) is 0 Å². The average Bonchev–Trinajstić information content (AvgIpc) is 2.38. The van der Waals surface area contributed by atoms with Crippen LogP contribution in [0.25, 0.3) is 0 Å². The molecule has 0 aliphatic carbocycles. The molecule has 0 spiro atoms. The van der Waals surface area contributed by atoms with Gasteiger partial charge in [0.05, 0.1) is 5.56 Å². The highest BCUT2D eigenvalue weighted by atomic mass is 16.2. The summed E-state index contributed by atoms with van der Waals surface area (Å²) < 4.78 is 0. The van der Waals surface area contributed by atoms with Gasteiger partial charge >= 0.3 is 0 Å². The maximum Gasteiger partial charge on any atom is 0.255 e. The predicted molar refractivity (Wildman–Crippen MR) is 72.4 cm³/mol. The number of piperidine rings is 1. The van der Waals surface area contributed by atoms with Crippen LogP contribution in [0.4, 0.5) is 0 Å². The molecule has 2 rings (SSSR count). The Labute approximate surface area is 109 Å². The van der Waals surface area contributed by atoms with Gasteiger partial charge in [-0.2, -0.15) is 0 Å². The number of nitrogens with zero attached hydrogens (tertiary/aromatic N) is 2. The largest absolute Gasteiger partial charge is 0.339 e. The Morgan fingerprint density at radius 3 is 2.61 bits per heavy atom. The molecule has 18 heavy (non-hydrogen) atoms. The normalized spacial score (nSPS) is 17.2. The summed E-state index contributed by atoms with van der Waals surface area (Å²) in [4.78, 5) is 18.5. The molecule has 2 heterocycles. The Kier molecular flexibility index (Phi) is 4.00. The van der Waals surface area contributed by atoms with Crippen LogP contribution in [-0.2, 0) is 0 Å². The second kappa shape index (κ2) is 5.51. The van der Waals surface area contributed by atoms with Crippen LogP contribution in [0, 0.1) is 18.8 Å². The van der Waals surface area contributed by atoms with Crippen LogP contribution < -0.4 is 0 Å². The lowest BCUT2D eigenvalue weighted by atomic mass is 9.86. The molecule has 1 aliphatic rings. The fraction of sp³-hybridized carbons (Fsp3) is 0.600. The van der Waals surface area contributed by atoms with Gasteiger partial charge in [0.2, 0.25) is 0 Å². The van der Waals surface area contributed by atoms with E-state index in [9.17, 15) is 4.79 Å². The third kappa shape index (κ3) is 2.71. The number of hydrogen-bond donors (Lipinski definition) is 0. The molecule has 1 amide bonds. The van der Waals surface area contributed by atoms with Gasteiger partial charge in [0.15, 0.2) is 0 Å². The SMILES string of the molecule is Cc1ncccc1C(=O)N1CCC(C(C)C)CC1. The van der Waals surface area contributed by atoms with E-state index in [1.165, 1.54) is 0 Å². The lowest BCUT2D eigenvalue weighted by Crippen LogP contribution is -2.39. The van der Waals surface area contributed by atoms with Crippen molar-refractivity contribution in [1.29, 1.82) is 0 Å². The van der Waals surface area contributed by atoms with Crippen LogP contribution in [0.3, 0.4) is 0 Å². The van der Waals surface area contributed by atoms with Gasteiger partial charge in [-0.3, -0.25) is 9.78 Å². The fourth-order valence-corrected chi connectivity index (χ4v) is 2.65. The van der Waals surface area contributed by atoms with E-state index >= 15 is 0 Å². The van der Waals surface area contributed by atoms with Gasteiger partial charge < -0.3 is 4.90 Å². The van der Waals surface area contributed by atoms with E-state index in [0.717, 1.165) is 49.0 Å². The maximum absolute atomic E-state index is 12.4. The molecule has 98 valence electrons. The number of rotatable bonds is 2. The van der Waals surface area contributed by atoms with Crippen molar-refractivity contribution < 1.29 is 4.79 Å². The Morgan fingerprint density at radius 2 is 2.06 bits per heavy atom. The molecule has 0 bridgehead atoms. The monoisotopic (exact) mass is 246 g/mol. The molecular formula is C15H22N2O. The zero-order valence-electron chi connectivity index (χ0n) is 11.5. The molecule has 0 aromatic carbocycles.